The number of hydrogen-bond acceptors (Lipinski definition) is 3. The normalized spacial score (nSPS) is 21.0. The lowest BCUT2D eigenvalue weighted by Crippen LogP contribution is -2.41. The average molecular weight is 347 g/mol. The van der Waals surface area contributed by atoms with Crippen molar-refractivity contribution in [3.05, 3.63) is 41.5 Å². The summed E-state index contributed by atoms with van der Waals surface area (Å²) < 4.78 is 17.6. The maximum absolute atomic E-state index is 14.0. The summed E-state index contributed by atoms with van der Waals surface area (Å²) in [7, 11) is 5.55. The molecule has 0 saturated carbocycles. The van der Waals surface area contributed by atoms with Crippen LogP contribution in [-0.4, -0.2) is 62.4 Å². The van der Waals surface area contributed by atoms with Crippen molar-refractivity contribution < 1.29 is 9.18 Å². The molecule has 0 unspecified atom stereocenters. The lowest BCUT2D eigenvalue weighted by Gasteiger charge is -2.28. The maximum Gasteiger partial charge on any atom is 0.270 e. The summed E-state index contributed by atoms with van der Waals surface area (Å²) in [6.45, 7) is 3.55. The standard InChI is InChI=1S/C18H26FN5O/c1-13-5-6-17(23(13)4)18(25)21(2)12-16-7-15(19)11-24(16)10-14-8-20-22(3)9-14/h5-6,8-9,15-16H,7,10-12H2,1-4H3/t15-,16-/m0/s1. The summed E-state index contributed by atoms with van der Waals surface area (Å²) in [6.07, 6.45) is 3.38. The largest absolute Gasteiger partial charge is 0.344 e. The van der Waals surface area contributed by atoms with Crippen LogP contribution in [0.4, 0.5) is 4.39 Å². The predicted octanol–water partition coefficient (Wildman–Crippen LogP) is 1.75. The van der Waals surface area contributed by atoms with Crippen LogP contribution in [0.25, 0.3) is 0 Å². The molecule has 25 heavy (non-hydrogen) atoms. The van der Waals surface area contributed by atoms with E-state index in [0.717, 1.165) is 11.3 Å². The Balaban J connectivity index is 1.67. The van der Waals surface area contributed by atoms with E-state index in [1.807, 2.05) is 50.1 Å². The molecule has 0 bridgehead atoms. The fraction of sp³-hybridized carbons (Fsp3) is 0.556. The Bertz CT molecular complexity index is 752. The molecular weight excluding hydrogens is 321 g/mol. The van der Waals surface area contributed by atoms with E-state index in [-0.39, 0.29) is 11.9 Å². The minimum absolute atomic E-state index is 0.0190. The van der Waals surface area contributed by atoms with Crippen molar-refractivity contribution in [2.24, 2.45) is 14.1 Å². The van der Waals surface area contributed by atoms with E-state index < -0.39 is 6.17 Å². The minimum atomic E-state index is -0.845. The van der Waals surface area contributed by atoms with Crippen molar-refractivity contribution in [2.75, 3.05) is 20.1 Å². The number of halogens is 1. The predicted molar refractivity (Wildman–Crippen MR) is 94.0 cm³/mol. The third kappa shape index (κ3) is 3.76. The van der Waals surface area contributed by atoms with Gasteiger partial charge in [0.15, 0.2) is 0 Å². The first kappa shape index (κ1) is 17.7. The fourth-order valence-corrected chi connectivity index (χ4v) is 3.52. The topological polar surface area (TPSA) is 46.3 Å². The molecule has 136 valence electrons. The molecule has 3 heterocycles. The Labute approximate surface area is 147 Å². The van der Waals surface area contributed by atoms with E-state index in [1.54, 1.807) is 16.6 Å². The van der Waals surface area contributed by atoms with Crippen molar-refractivity contribution >= 4 is 5.91 Å². The molecule has 0 aliphatic carbocycles. The summed E-state index contributed by atoms with van der Waals surface area (Å²) in [4.78, 5) is 16.5. The summed E-state index contributed by atoms with van der Waals surface area (Å²) in [5.41, 5.74) is 2.77. The second-order valence-electron chi connectivity index (χ2n) is 7.04. The average Bonchev–Trinajstić information content (AvgIpc) is 3.21. The molecule has 1 amide bonds. The van der Waals surface area contributed by atoms with Crippen LogP contribution in [0, 0.1) is 6.92 Å². The van der Waals surface area contributed by atoms with Gasteiger partial charge in [0.1, 0.15) is 11.9 Å². The summed E-state index contributed by atoms with van der Waals surface area (Å²) in [6, 6.07) is 3.79. The number of likely N-dealkylation sites (N-methyl/N-ethyl adjacent to an activating group) is 1. The Morgan fingerprint density at radius 1 is 1.40 bits per heavy atom. The maximum atomic E-state index is 14.0. The summed E-state index contributed by atoms with van der Waals surface area (Å²) in [5, 5.41) is 4.17. The summed E-state index contributed by atoms with van der Waals surface area (Å²) in [5.74, 6) is -0.0285. The molecule has 1 aliphatic heterocycles. The zero-order chi connectivity index (χ0) is 18.1. The first-order valence-corrected chi connectivity index (χ1v) is 8.58. The molecule has 6 nitrogen and oxygen atoms in total. The van der Waals surface area contributed by atoms with Gasteiger partial charge in [-0.15, -0.1) is 0 Å². The minimum Gasteiger partial charge on any atom is -0.344 e. The number of rotatable bonds is 5. The number of carbonyl (C=O) groups excluding carboxylic acids is 1. The first-order valence-electron chi connectivity index (χ1n) is 8.58. The molecule has 3 rings (SSSR count). The number of amides is 1. The Hall–Kier alpha value is -2.15. The molecule has 0 spiro atoms. The van der Waals surface area contributed by atoms with Gasteiger partial charge in [-0.3, -0.25) is 14.4 Å². The number of hydrogen-bond donors (Lipinski definition) is 0. The van der Waals surface area contributed by atoms with Crippen molar-refractivity contribution in [1.29, 1.82) is 0 Å². The number of nitrogens with zero attached hydrogens (tertiary/aromatic N) is 5. The Morgan fingerprint density at radius 3 is 2.76 bits per heavy atom. The highest BCUT2D eigenvalue weighted by Crippen LogP contribution is 2.23. The SMILES string of the molecule is Cc1ccc(C(=O)N(C)C[C@@H]2C[C@H](F)CN2Cc2cnn(C)c2)n1C. The number of carbonyl (C=O) groups is 1. The zero-order valence-corrected chi connectivity index (χ0v) is 15.3. The van der Waals surface area contributed by atoms with Gasteiger partial charge in [0.05, 0.1) is 6.20 Å². The molecule has 1 saturated heterocycles. The Kier molecular flexibility index (Phi) is 4.94. The van der Waals surface area contributed by atoms with Crippen LogP contribution in [0.5, 0.6) is 0 Å². The van der Waals surface area contributed by atoms with Gasteiger partial charge in [-0.2, -0.15) is 5.10 Å². The van der Waals surface area contributed by atoms with Gasteiger partial charge in [-0.25, -0.2) is 4.39 Å². The Morgan fingerprint density at radius 2 is 2.16 bits per heavy atom. The highest BCUT2D eigenvalue weighted by molar-refractivity contribution is 5.92. The molecule has 0 N–H and O–H groups in total. The van der Waals surface area contributed by atoms with Gasteiger partial charge in [0, 0.05) is 64.3 Å². The molecule has 7 heteroatoms. The monoisotopic (exact) mass is 347 g/mol. The number of aromatic nitrogens is 3. The summed E-state index contributed by atoms with van der Waals surface area (Å²) >= 11 is 0. The fourth-order valence-electron chi connectivity index (χ4n) is 3.52. The van der Waals surface area contributed by atoms with Crippen LogP contribution in [0.15, 0.2) is 24.5 Å². The van der Waals surface area contributed by atoms with Crippen LogP contribution in [0.1, 0.15) is 28.2 Å². The van der Waals surface area contributed by atoms with Crippen LogP contribution in [0.2, 0.25) is 0 Å². The van der Waals surface area contributed by atoms with E-state index in [9.17, 15) is 9.18 Å². The van der Waals surface area contributed by atoms with Gasteiger partial charge in [-0.1, -0.05) is 0 Å². The molecule has 0 radical (unpaired) electrons. The van der Waals surface area contributed by atoms with E-state index in [0.29, 0.717) is 31.7 Å². The molecule has 0 aromatic carbocycles. The van der Waals surface area contributed by atoms with Crippen LogP contribution >= 0.6 is 0 Å². The van der Waals surface area contributed by atoms with Gasteiger partial charge >= 0.3 is 0 Å². The van der Waals surface area contributed by atoms with E-state index in [4.69, 9.17) is 0 Å². The molecule has 1 aliphatic rings. The highest BCUT2D eigenvalue weighted by atomic mass is 19.1. The number of alkyl halides is 1. The van der Waals surface area contributed by atoms with Gasteiger partial charge in [-0.05, 0) is 25.5 Å². The van der Waals surface area contributed by atoms with Crippen molar-refractivity contribution in [1.82, 2.24) is 24.1 Å². The van der Waals surface area contributed by atoms with Gasteiger partial charge in [0.2, 0.25) is 0 Å². The van der Waals surface area contributed by atoms with Crippen molar-refractivity contribution in [2.45, 2.75) is 32.1 Å². The van der Waals surface area contributed by atoms with Gasteiger partial charge < -0.3 is 9.47 Å². The second kappa shape index (κ2) is 7.00. The molecular formula is C18H26FN5O. The molecule has 2 aromatic rings. The van der Waals surface area contributed by atoms with Crippen molar-refractivity contribution in [3.8, 4) is 0 Å². The quantitative estimate of drug-likeness (QED) is 0.828. The highest BCUT2D eigenvalue weighted by Gasteiger charge is 2.34. The number of aryl methyl sites for hydroxylation is 2. The van der Waals surface area contributed by atoms with Crippen LogP contribution < -0.4 is 0 Å². The van der Waals surface area contributed by atoms with E-state index in [2.05, 4.69) is 10.00 Å². The van der Waals surface area contributed by atoms with E-state index >= 15 is 0 Å². The smallest absolute Gasteiger partial charge is 0.270 e. The molecule has 1 fully saturated rings. The zero-order valence-electron chi connectivity index (χ0n) is 15.3. The van der Waals surface area contributed by atoms with Crippen molar-refractivity contribution in [3.63, 3.8) is 0 Å². The molecule has 2 atom stereocenters. The third-order valence-corrected chi connectivity index (χ3v) is 5.04. The van der Waals surface area contributed by atoms with Crippen LogP contribution in [-0.2, 0) is 20.6 Å². The lowest BCUT2D eigenvalue weighted by atomic mass is 10.2. The molecule has 2 aromatic heterocycles. The lowest BCUT2D eigenvalue weighted by molar-refractivity contribution is 0.0740. The van der Waals surface area contributed by atoms with Gasteiger partial charge in [0.25, 0.3) is 5.91 Å². The van der Waals surface area contributed by atoms with Crippen LogP contribution in [0.3, 0.4) is 0 Å². The number of likely N-dealkylation sites (tertiary alicyclic amines) is 1. The third-order valence-electron chi connectivity index (χ3n) is 5.04. The first-order chi connectivity index (χ1) is 11.8. The second-order valence-corrected chi connectivity index (χ2v) is 7.04. The van der Waals surface area contributed by atoms with E-state index in [1.165, 1.54) is 0 Å².